The van der Waals surface area contributed by atoms with Gasteiger partial charge in [-0.2, -0.15) is 0 Å². The van der Waals surface area contributed by atoms with Gasteiger partial charge in [0.25, 0.3) is 0 Å². The minimum absolute atomic E-state index is 0.0114. The second-order valence-corrected chi connectivity index (χ2v) is 7.56. The molecule has 0 unspecified atom stereocenters. The van der Waals surface area contributed by atoms with E-state index in [9.17, 15) is 9.59 Å². The Morgan fingerprint density at radius 2 is 1.92 bits per heavy atom. The fourth-order valence-corrected chi connectivity index (χ4v) is 2.88. The van der Waals surface area contributed by atoms with Crippen molar-refractivity contribution in [3.63, 3.8) is 0 Å². The molecule has 1 saturated heterocycles. The molecule has 1 aliphatic heterocycles. The maximum Gasteiger partial charge on any atom is 0.324 e. The van der Waals surface area contributed by atoms with Crippen molar-refractivity contribution in [1.29, 1.82) is 0 Å². The molecule has 3 N–H and O–H groups in total. The van der Waals surface area contributed by atoms with Crippen LogP contribution in [0.2, 0.25) is 0 Å². The van der Waals surface area contributed by atoms with Crippen molar-refractivity contribution in [2.24, 2.45) is 5.92 Å². The molecule has 1 aromatic rings. The summed E-state index contributed by atoms with van der Waals surface area (Å²) < 4.78 is 5.72. The van der Waals surface area contributed by atoms with E-state index in [0.29, 0.717) is 0 Å². The number of ether oxygens (including phenoxy) is 1. The van der Waals surface area contributed by atoms with Crippen LogP contribution in [-0.2, 0) is 10.2 Å². The van der Waals surface area contributed by atoms with Gasteiger partial charge < -0.3 is 15.4 Å². The quantitative estimate of drug-likeness (QED) is 0.731. The second-order valence-electron chi connectivity index (χ2n) is 7.56. The molecular weight excluding hydrogens is 318 g/mol. The highest BCUT2D eigenvalue weighted by atomic mass is 16.5. The SMILES string of the molecule is Cc1ccc(OCNC(=O)NC(=O)C2CCNCC2)c(C(C)(C)C)c1. The van der Waals surface area contributed by atoms with Gasteiger partial charge >= 0.3 is 6.03 Å². The standard InChI is InChI=1S/C19H29N3O3/c1-13-5-6-16(15(11-13)19(2,3)4)25-12-21-18(24)22-17(23)14-7-9-20-10-8-14/h5-6,11,14,20H,7-10,12H2,1-4H3,(H2,21,22,23,24). The van der Waals surface area contributed by atoms with Crippen molar-refractivity contribution in [1.82, 2.24) is 16.0 Å². The average Bonchev–Trinajstić information content (AvgIpc) is 2.56. The van der Waals surface area contributed by atoms with Crippen LogP contribution in [0.1, 0.15) is 44.7 Å². The third-order valence-electron chi connectivity index (χ3n) is 4.35. The Morgan fingerprint density at radius 3 is 2.56 bits per heavy atom. The van der Waals surface area contributed by atoms with Crippen LogP contribution in [-0.4, -0.2) is 31.8 Å². The molecule has 0 bridgehead atoms. The smallest absolute Gasteiger partial charge is 0.324 e. The fourth-order valence-electron chi connectivity index (χ4n) is 2.88. The molecule has 1 aliphatic rings. The molecule has 1 heterocycles. The molecule has 6 nitrogen and oxygen atoms in total. The molecule has 1 fully saturated rings. The van der Waals surface area contributed by atoms with Gasteiger partial charge in [-0.25, -0.2) is 4.79 Å². The van der Waals surface area contributed by atoms with Crippen molar-refractivity contribution in [3.05, 3.63) is 29.3 Å². The summed E-state index contributed by atoms with van der Waals surface area (Å²) in [5, 5.41) is 8.17. The highest BCUT2D eigenvalue weighted by Gasteiger charge is 2.22. The molecule has 0 aliphatic carbocycles. The number of hydrogen-bond donors (Lipinski definition) is 3. The summed E-state index contributed by atoms with van der Waals surface area (Å²) >= 11 is 0. The van der Waals surface area contributed by atoms with Crippen LogP contribution in [0.4, 0.5) is 4.79 Å². The molecule has 0 spiro atoms. The number of imide groups is 1. The molecule has 2 rings (SSSR count). The number of urea groups is 1. The zero-order valence-corrected chi connectivity index (χ0v) is 15.6. The first-order valence-corrected chi connectivity index (χ1v) is 8.80. The highest BCUT2D eigenvalue weighted by Crippen LogP contribution is 2.31. The molecule has 0 saturated carbocycles. The van der Waals surface area contributed by atoms with E-state index in [0.717, 1.165) is 42.8 Å². The summed E-state index contributed by atoms with van der Waals surface area (Å²) in [6.45, 7) is 10.0. The average molecular weight is 347 g/mol. The van der Waals surface area contributed by atoms with Crippen LogP contribution >= 0.6 is 0 Å². The van der Waals surface area contributed by atoms with Gasteiger partial charge in [0.2, 0.25) is 5.91 Å². The first-order valence-electron chi connectivity index (χ1n) is 8.80. The summed E-state index contributed by atoms with van der Waals surface area (Å²) in [5.74, 6) is 0.422. The topological polar surface area (TPSA) is 79.5 Å². The largest absolute Gasteiger partial charge is 0.473 e. The van der Waals surface area contributed by atoms with E-state index >= 15 is 0 Å². The third kappa shape index (κ3) is 5.74. The summed E-state index contributed by atoms with van der Waals surface area (Å²) in [6.07, 6.45) is 1.52. The number of rotatable bonds is 4. The lowest BCUT2D eigenvalue weighted by Gasteiger charge is -2.23. The molecule has 0 radical (unpaired) electrons. The van der Waals surface area contributed by atoms with Gasteiger partial charge in [0.15, 0.2) is 6.73 Å². The Bertz CT molecular complexity index is 617. The molecule has 3 amide bonds. The minimum Gasteiger partial charge on any atom is -0.473 e. The van der Waals surface area contributed by atoms with Crippen LogP contribution in [0.25, 0.3) is 0 Å². The number of aryl methyl sites for hydroxylation is 1. The van der Waals surface area contributed by atoms with Gasteiger partial charge in [-0.15, -0.1) is 0 Å². The van der Waals surface area contributed by atoms with Crippen molar-refractivity contribution in [2.75, 3.05) is 19.8 Å². The first-order chi connectivity index (χ1) is 11.8. The van der Waals surface area contributed by atoms with Crippen molar-refractivity contribution >= 4 is 11.9 Å². The summed E-state index contributed by atoms with van der Waals surface area (Å²) in [7, 11) is 0. The monoisotopic (exact) mass is 347 g/mol. The van der Waals surface area contributed by atoms with Crippen LogP contribution in [0, 0.1) is 12.8 Å². The van der Waals surface area contributed by atoms with Gasteiger partial charge in [0.1, 0.15) is 5.75 Å². The zero-order valence-electron chi connectivity index (χ0n) is 15.6. The Balaban J connectivity index is 1.84. The molecule has 1 aromatic carbocycles. The van der Waals surface area contributed by atoms with Gasteiger partial charge in [-0.3, -0.25) is 10.1 Å². The minimum atomic E-state index is -0.520. The van der Waals surface area contributed by atoms with Crippen LogP contribution in [0.3, 0.4) is 0 Å². The molecule has 6 heteroatoms. The van der Waals surface area contributed by atoms with Gasteiger partial charge in [0.05, 0.1) is 0 Å². The summed E-state index contributed by atoms with van der Waals surface area (Å²) in [5.41, 5.74) is 2.19. The highest BCUT2D eigenvalue weighted by molar-refractivity contribution is 5.95. The van der Waals surface area contributed by atoms with Crippen LogP contribution in [0.5, 0.6) is 5.75 Å². The lowest BCUT2D eigenvalue weighted by Crippen LogP contribution is -2.45. The van der Waals surface area contributed by atoms with E-state index in [4.69, 9.17) is 4.74 Å². The van der Waals surface area contributed by atoms with E-state index in [1.807, 2.05) is 19.1 Å². The number of piperidine rings is 1. The number of hydrogen-bond acceptors (Lipinski definition) is 4. The van der Waals surface area contributed by atoms with E-state index in [1.54, 1.807) is 0 Å². The Labute approximate surface area is 149 Å². The van der Waals surface area contributed by atoms with Crippen molar-refractivity contribution < 1.29 is 14.3 Å². The maximum atomic E-state index is 12.0. The predicted octanol–water partition coefficient (Wildman–Crippen LogP) is 2.45. The summed E-state index contributed by atoms with van der Waals surface area (Å²) in [6, 6.07) is 5.46. The Morgan fingerprint density at radius 1 is 1.24 bits per heavy atom. The number of nitrogens with one attached hydrogen (secondary N) is 3. The van der Waals surface area contributed by atoms with Gasteiger partial charge in [-0.1, -0.05) is 38.5 Å². The summed E-state index contributed by atoms with van der Waals surface area (Å²) in [4.78, 5) is 23.9. The molecule has 0 atom stereocenters. The molecular formula is C19H29N3O3. The van der Waals surface area contributed by atoms with Crippen LogP contribution in [0.15, 0.2) is 18.2 Å². The predicted molar refractivity (Wildman–Crippen MR) is 97.6 cm³/mol. The molecule has 138 valence electrons. The lowest BCUT2D eigenvalue weighted by atomic mass is 9.85. The van der Waals surface area contributed by atoms with Gasteiger partial charge in [0, 0.05) is 5.92 Å². The lowest BCUT2D eigenvalue weighted by molar-refractivity contribution is -0.124. The number of carbonyl (C=O) groups is 2. The molecule has 25 heavy (non-hydrogen) atoms. The third-order valence-corrected chi connectivity index (χ3v) is 4.35. The van der Waals surface area contributed by atoms with E-state index in [2.05, 4.69) is 42.8 Å². The van der Waals surface area contributed by atoms with Crippen molar-refractivity contribution in [3.8, 4) is 5.75 Å². The van der Waals surface area contributed by atoms with Gasteiger partial charge in [-0.05, 0) is 49.9 Å². The number of carbonyl (C=O) groups excluding carboxylic acids is 2. The van der Waals surface area contributed by atoms with E-state index < -0.39 is 6.03 Å². The maximum absolute atomic E-state index is 12.0. The normalized spacial score (nSPS) is 15.5. The molecule has 0 aromatic heterocycles. The second kappa shape index (κ2) is 8.34. The zero-order chi connectivity index (χ0) is 18.4. The Hall–Kier alpha value is -2.08. The van der Waals surface area contributed by atoms with Crippen LogP contribution < -0.4 is 20.7 Å². The van der Waals surface area contributed by atoms with E-state index in [-0.39, 0.29) is 24.0 Å². The van der Waals surface area contributed by atoms with E-state index in [1.165, 1.54) is 0 Å². The number of amides is 3. The number of benzene rings is 1. The first kappa shape index (κ1) is 19.2. The fraction of sp³-hybridized carbons (Fsp3) is 0.579. The Kier molecular flexibility index (Phi) is 6.42. The van der Waals surface area contributed by atoms with Crippen molar-refractivity contribution in [2.45, 2.75) is 46.0 Å².